The highest BCUT2D eigenvalue weighted by atomic mass is 16.5. The summed E-state index contributed by atoms with van der Waals surface area (Å²) in [4.78, 5) is 10.8. The third kappa shape index (κ3) is 1.68. The Morgan fingerprint density at radius 3 is 3.44 bits per heavy atom. The van der Waals surface area contributed by atoms with Crippen LogP contribution in [0.3, 0.4) is 0 Å². The molecule has 3 heteroatoms. The Bertz CT molecular complexity index is 261. The Morgan fingerprint density at radius 1 is 2.11 bits per heavy atom. The van der Waals surface area contributed by atoms with Gasteiger partial charge in [-0.25, -0.2) is 0 Å². The molecule has 1 saturated heterocycles. The molecule has 1 atom stereocenters. The minimum atomic E-state index is -2.95. The van der Waals surface area contributed by atoms with Crippen LogP contribution in [0.25, 0.3) is 0 Å². The van der Waals surface area contributed by atoms with Crippen molar-refractivity contribution in [3.8, 4) is 0 Å². The molecule has 1 N–H and O–H groups in total. The molecule has 1 fully saturated rings. The monoisotopic (exact) mass is 135 g/mol. The normalized spacial score (nSPS) is 51.2. The lowest BCUT2D eigenvalue weighted by atomic mass is 9.97. The molecule has 0 aliphatic carbocycles. The van der Waals surface area contributed by atoms with Gasteiger partial charge in [-0.15, -0.1) is 0 Å². The van der Waals surface area contributed by atoms with Gasteiger partial charge >= 0.3 is 5.97 Å². The smallest absolute Gasteiger partial charge is 0.308 e. The zero-order chi connectivity index (χ0) is 11.2. The number of ether oxygens (including phenoxy) is 1. The second-order valence-electron chi connectivity index (χ2n) is 1.87. The zero-order valence-corrected chi connectivity index (χ0v) is 4.68. The zero-order valence-electron chi connectivity index (χ0n) is 9.68. The number of rotatable bonds is 0. The lowest BCUT2D eigenvalue weighted by Crippen LogP contribution is -2.35. The van der Waals surface area contributed by atoms with E-state index >= 15 is 0 Å². The summed E-state index contributed by atoms with van der Waals surface area (Å²) in [6, 6.07) is 0. The summed E-state index contributed by atoms with van der Waals surface area (Å²) in [7, 11) is 0. The fourth-order valence-corrected chi connectivity index (χ4v) is 0.558. The van der Waals surface area contributed by atoms with E-state index < -0.39 is 37.8 Å². The second kappa shape index (κ2) is 1.99. The van der Waals surface area contributed by atoms with Crippen molar-refractivity contribution in [1.82, 2.24) is 0 Å². The summed E-state index contributed by atoms with van der Waals surface area (Å²) in [6.45, 7) is -3.68. The van der Waals surface area contributed by atoms with E-state index in [4.69, 9.17) is 6.85 Å². The standard InChI is InChI=1S/C6H10O3/c1-6(8)2-3-9-5(7)4-6/h8H,2-4H2,1H3/i1D3,2D2. The minimum Gasteiger partial charge on any atom is -0.465 e. The molecule has 3 nitrogen and oxygen atoms in total. The van der Waals surface area contributed by atoms with E-state index in [0.29, 0.717) is 0 Å². The maximum absolute atomic E-state index is 10.8. The van der Waals surface area contributed by atoms with Crippen molar-refractivity contribution in [2.75, 3.05) is 6.61 Å². The summed E-state index contributed by atoms with van der Waals surface area (Å²) in [5.41, 5.74) is -2.66. The van der Waals surface area contributed by atoms with E-state index in [1.807, 2.05) is 0 Å². The molecular weight excluding hydrogens is 120 g/mol. The average molecular weight is 135 g/mol. The lowest BCUT2D eigenvalue weighted by molar-refractivity contribution is -0.157. The molecular formula is C6H10O3. The molecule has 0 radical (unpaired) electrons. The number of carbonyl (C=O) groups excluding carboxylic acids is 1. The van der Waals surface area contributed by atoms with Crippen molar-refractivity contribution < 1.29 is 21.5 Å². The molecule has 0 saturated carbocycles. The first-order valence-electron chi connectivity index (χ1n) is 4.98. The van der Waals surface area contributed by atoms with Crippen molar-refractivity contribution in [3.05, 3.63) is 0 Å². The first kappa shape index (κ1) is 2.58. The Morgan fingerprint density at radius 2 is 2.89 bits per heavy atom. The van der Waals surface area contributed by atoms with Crippen LogP contribution in [0.2, 0.25) is 0 Å². The van der Waals surface area contributed by atoms with Gasteiger partial charge in [-0.1, -0.05) is 0 Å². The topological polar surface area (TPSA) is 46.5 Å². The molecule has 1 aliphatic rings. The summed E-state index contributed by atoms with van der Waals surface area (Å²) >= 11 is 0. The van der Waals surface area contributed by atoms with Gasteiger partial charge in [0.1, 0.15) is 0 Å². The maximum Gasteiger partial charge on any atom is 0.308 e. The molecule has 0 aromatic carbocycles. The van der Waals surface area contributed by atoms with Crippen LogP contribution in [0.5, 0.6) is 0 Å². The quantitative estimate of drug-likeness (QED) is 0.478. The highest BCUT2D eigenvalue weighted by Crippen LogP contribution is 2.19. The fourth-order valence-electron chi connectivity index (χ4n) is 0.558. The van der Waals surface area contributed by atoms with E-state index in [2.05, 4.69) is 4.74 Å². The molecule has 0 aromatic heterocycles. The molecule has 9 heavy (non-hydrogen) atoms. The molecule has 0 spiro atoms. The fraction of sp³-hybridized carbons (Fsp3) is 0.833. The van der Waals surface area contributed by atoms with E-state index in [0.717, 1.165) is 0 Å². The summed E-state index contributed by atoms with van der Waals surface area (Å²) in [6.07, 6.45) is -3.30. The highest BCUT2D eigenvalue weighted by molar-refractivity contribution is 5.71. The van der Waals surface area contributed by atoms with Crippen molar-refractivity contribution in [3.63, 3.8) is 0 Å². The van der Waals surface area contributed by atoms with Gasteiger partial charge in [0.2, 0.25) is 0 Å². The first-order chi connectivity index (χ1) is 6.10. The van der Waals surface area contributed by atoms with E-state index in [-0.39, 0.29) is 0 Å². The van der Waals surface area contributed by atoms with Gasteiger partial charge in [-0.3, -0.25) is 4.79 Å². The average Bonchev–Trinajstić information content (AvgIpc) is 1.96. The van der Waals surface area contributed by atoms with Crippen LogP contribution in [0, 0.1) is 0 Å². The minimum absolute atomic E-state index is 0.735. The van der Waals surface area contributed by atoms with Gasteiger partial charge in [-0.2, -0.15) is 0 Å². The van der Waals surface area contributed by atoms with E-state index in [1.54, 1.807) is 0 Å². The molecule has 0 amide bonds. The number of cyclic esters (lactones) is 1. The van der Waals surface area contributed by atoms with Crippen LogP contribution in [0.15, 0.2) is 0 Å². The van der Waals surface area contributed by atoms with Gasteiger partial charge in [0.05, 0.1) is 18.6 Å². The summed E-state index contributed by atoms with van der Waals surface area (Å²) in [5, 5.41) is 9.67. The van der Waals surface area contributed by atoms with Crippen LogP contribution in [-0.4, -0.2) is 23.3 Å². The second-order valence-corrected chi connectivity index (χ2v) is 1.87. The molecule has 1 rings (SSSR count). The predicted octanol–water partition coefficient (Wildman–Crippen LogP) is 0.0744. The number of hydrogen-bond donors (Lipinski definition) is 1. The maximum atomic E-state index is 10.8. The Labute approximate surface area is 60.7 Å². The number of esters is 1. The number of hydrogen-bond acceptors (Lipinski definition) is 3. The van der Waals surface area contributed by atoms with Crippen LogP contribution >= 0.6 is 0 Å². The summed E-state index contributed by atoms with van der Waals surface area (Å²) < 4.78 is 40.0. The van der Waals surface area contributed by atoms with Crippen LogP contribution in [0.4, 0.5) is 0 Å². The van der Waals surface area contributed by atoms with Crippen molar-refractivity contribution >= 4 is 5.97 Å². The van der Waals surface area contributed by atoms with Gasteiger partial charge in [0.15, 0.2) is 0 Å². The molecule has 1 aliphatic heterocycles. The van der Waals surface area contributed by atoms with Gasteiger partial charge < -0.3 is 9.84 Å². The van der Waals surface area contributed by atoms with Crippen LogP contribution in [-0.2, 0) is 9.53 Å². The van der Waals surface area contributed by atoms with E-state index in [9.17, 15) is 9.90 Å². The Kier molecular flexibility index (Phi) is 0.570. The third-order valence-corrected chi connectivity index (χ3v) is 0.998. The molecule has 1 unspecified atom stereocenters. The highest BCUT2D eigenvalue weighted by Gasteiger charge is 2.29. The SMILES string of the molecule is [2H]C([2H])([2H])C1(O)CC(=O)OCC1([2H])[2H]. The number of carbonyl (C=O) groups is 1. The lowest BCUT2D eigenvalue weighted by Gasteiger charge is -2.26. The first-order valence-corrected chi connectivity index (χ1v) is 2.48. The van der Waals surface area contributed by atoms with Crippen LogP contribution < -0.4 is 0 Å². The molecule has 1 heterocycles. The summed E-state index contributed by atoms with van der Waals surface area (Å²) in [5.74, 6) is -0.904. The van der Waals surface area contributed by atoms with Crippen molar-refractivity contribution in [2.45, 2.75) is 25.2 Å². The Balaban J connectivity index is 3.08. The van der Waals surface area contributed by atoms with Gasteiger partial charge in [0.25, 0.3) is 0 Å². The predicted molar refractivity (Wildman–Crippen MR) is 30.8 cm³/mol. The number of aliphatic hydroxyl groups is 1. The molecule has 0 bridgehead atoms. The molecule has 52 valence electrons. The largest absolute Gasteiger partial charge is 0.465 e. The van der Waals surface area contributed by atoms with Crippen molar-refractivity contribution in [1.29, 1.82) is 0 Å². The third-order valence-electron chi connectivity index (χ3n) is 0.998. The Hall–Kier alpha value is -0.570. The van der Waals surface area contributed by atoms with Gasteiger partial charge in [0, 0.05) is 13.2 Å². The van der Waals surface area contributed by atoms with Gasteiger partial charge in [-0.05, 0) is 6.85 Å². The van der Waals surface area contributed by atoms with Crippen molar-refractivity contribution in [2.24, 2.45) is 0 Å². The van der Waals surface area contributed by atoms with E-state index in [1.165, 1.54) is 0 Å². The van der Waals surface area contributed by atoms with Crippen LogP contribution in [0.1, 0.15) is 26.5 Å². The molecule has 0 aromatic rings.